The van der Waals surface area contributed by atoms with E-state index < -0.39 is 0 Å². The van der Waals surface area contributed by atoms with Gasteiger partial charge in [-0.3, -0.25) is 9.59 Å². The van der Waals surface area contributed by atoms with Gasteiger partial charge in [0.1, 0.15) is 0 Å². The Hall–Kier alpha value is -1.14. The molecule has 0 spiro atoms. The number of rotatable bonds is 9. The van der Waals surface area contributed by atoms with Gasteiger partial charge in [-0.05, 0) is 75.4 Å². The van der Waals surface area contributed by atoms with Gasteiger partial charge >= 0.3 is 0 Å². The first-order valence-electron chi connectivity index (χ1n) is 13.2. The van der Waals surface area contributed by atoms with E-state index in [0.717, 1.165) is 38.9 Å². The Morgan fingerprint density at radius 2 is 1.72 bits per heavy atom. The first-order valence-corrected chi connectivity index (χ1v) is 13.2. The molecule has 3 saturated heterocycles. The van der Waals surface area contributed by atoms with Crippen molar-refractivity contribution in [2.45, 2.75) is 79.2 Å². The topological polar surface area (TPSA) is 55.9 Å². The fourth-order valence-corrected chi connectivity index (χ4v) is 5.63. The maximum absolute atomic E-state index is 13.5. The number of hydrogen-bond donors (Lipinski definition) is 1. The van der Waals surface area contributed by atoms with Crippen LogP contribution in [0.15, 0.2) is 0 Å². The van der Waals surface area contributed by atoms with E-state index in [1.165, 1.54) is 38.9 Å². The van der Waals surface area contributed by atoms with Crippen molar-refractivity contribution < 1.29 is 9.59 Å². The molecule has 1 N–H and O–H groups in total. The van der Waals surface area contributed by atoms with Crippen LogP contribution in [0.5, 0.6) is 0 Å². The normalized spacial score (nSPS) is 25.7. The average Bonchev–Trinajstić information content (AvgIpc) is 3.26. The summed E-state index contributed by atoms with van der Waals surface area (Å²) in [4.78, 5) is 33.2. The van der Waals surface area contributed by atoms with Gasteiger partial charge in [-0.2, -0.15) is 0 Å². The SMILES string of the molecule is CC(C)C[C@@H]1NCCN(C[C@@H](C(=O)N2CCC(C)(CCN3CCCC3)CC2)C(C)C)C1=O. The van der Waals surface area contributed by atoms with E-state index in [9.17, 15) is 9.59 Å². The van der Waals surface area contributed by atoms with Gasteiger partial charge in [0.05, 0.1) is 12.0 Å². The molecule has 0 aliphatic carbocycles. The first-order chi connectivity index (χ1) is 15.2. The molecule has 0 radical (unpaired) electrons. The van der Waals surface area contributed by atoms with Crippen molar-refractivity contribution in [3.8, 4) is 0 Å². The van der Waals surface area contributed by atoms with Crippen LogP contribution in [0.25, 0.3) is 0 Å². The monoisotopic (exact) mass is 448 g/mol. The van der Waals surface area contributed by atoms with Gasteiger partial charge in [0.15, 0.2) is 0 Å². The molecule has 0 aromatic rings. The van der Waals surface area contributed by atoms with E-state index in [-0.39, 0.29) is 29.7 Å². The van der Waals surface area contributed by atoms with Gasteiger partial charge in [-0.15, -0.1) is 0 Å². The molecule has 0 aromatic heterocycles. The molecule has 6 nitrogen and oxygen atoms in total. The van der Waals surface area contributed by atoms with Crippen molar-refractivity contribution >= 4 is 11.8 Å². The van der Waals surface area contributed by atoms with Crippen molar-refractivity contribution in [2.24, 2.45) is 23.2 Å². The second-order valence-corrected chi connectivity index (χ2v) is 11.7. The highest BCUT2D eigenvalue weighted by Gasteiger charge is 2.37. The summed E-state index contributed by atoms with van der Waals surface area (Å²) in [7, 11) is 0. The van der Waals surface area contributed by atoms with Gasteiger partial charge < -0.3 is 20.0 Å². The van der Waals surface area contributed by atoms with Crippen LogP contribution in [0.2, 0.25) is 0 Å². The minimum absolute atomic E-state index is 0.0991. The van der Waals surface area contributed by atoms with E-state index in [0.29, 0.717) is 24.4 Å². The van der Waals surface area contributed by atoms with Crippen molar-refractivity contribution in [3.05, 3.63) is 0 Å². The fraction of sp³-hybridized carbons (Fsp3) is 0.923. The van der Waals surface area contributed by atoms with Crippen LogP contribution < -0.4 is 5.32 Å². The third-order valence-electron chi connectivity index (χ3n) is 8.14. The number of nitrogens with zero attached hydrogens (tertiary/aromatic N) is 3. The molecule has 0 saturated carbocycles. The molecule has 3 fully saturated rings. The highest BCUT2D eigenvalue weighted by atomic mass is 16.2. The number of amides is 2. The van der Waals surface area contributed by atoms with E-state index in [2.05, 4.69) is 49.7 Å². The van der Waals surface area contributed by atoms with E-state index in [1.807, 2.05) is 4.90 Å². The van der Waals surface area contributed by atoms with Crippen molar-refractivity contribution in [1.82, 2.24) is 20.0 Å². The minimum Gasteiger partial charge on any atom is -0.342 e. The van der Waals surface area contributed by atoms with Gasteiger partial charge in [-0.25, -0.2) is 0 Å². The zero-order valence-electron chi connectivity index (χ0n) is 21.4. The van der Waals surface area contributed by atoms with Crippen LogP contribution in [0.3, 0.4) is 0 Å². The second kappa shape index (κ2) is 11.3. The summed E-state index contributed by atoms with van der Waals surface area (Å²) in [6.07, 6.45) is 7.00. The maximum Gasteiger partial charge on any atom is 0.239 e. The molecule has 3 rings (SSSR count). The summed E-state index contributed by atoms with van der Waals surface area (Å²) in [6, 6.07) is -0.0991. The number of piperidine rings is 1. The Balaban J connectivity index is 1.53. The molecule has 0 unspecified atom stereocenters. The average molecular weight is 449 g/mol. The summed E-state index contributed by atoms with van der Waals surface area (Å²) in [5.41, 5.74) is 0.352. The molecular formula is C26H48N4O2. The predicted octanol–water partition coefficient (Wildman–Crippen LogP) is 3.22. The highest BCUT2D eigenvalue weighted by Crippen LogP contribution is 2.35. The van der Waals surface area contributed by atoms with E-state index >= 15 is 0 Å². The third kappa shape index (κ3) is 6.69. The van der Waals surface area contributed by atoms with Crippen LogP contribution in [0.1, 0.15) is 73.1 Å². The molecule has 184 valence electrons. The standard InChI is InChI=1S/C26H48N4O2/c1-20(2)18-23-25(32)30(17-11-27-23)19-22(21(3)4)24(31)29-15-9-26(5,10-16-29)8-14-28-12-6-7-13-28/h20-23,27H,6-19H2,1-5H3/t22-,23+/m1/s1. The summed E-state index contributed by atoms with van der Waals surface area (Å²) in [5.74, 6) is 1.04. The van der Waals surface area contributed by atoms with Crippen LogP contribution in [-0.2, 0) is 9.59 Å². The van der Waals surface area contributed by atoms with Gasteiger partial charge in [0, 0.05) is 32.7 Å². The third-order valence-corrected chi connectivity index (χ3v) is 8.14. The number of piperazine rings is 1. The van der Waals surface area contributed by atoms with E-state index in [1.54, 1.807) is 0 Å². The second-order valence-electron chi connectivity index (χ2n) is 11.7. The lowest BCUT2D eigenvalue weighted by Gasteiger charge is -2.42. The van der Waals surface area contributed by atoms with Gasteiger partial charge in [-0.1, -0.05) is 34.6 Å². The van der Waals surface area contributed by atoms with Crippen LogP contribution in [0, 0.1) is 23.2 Å². The molecular weight excluding hydrogens is 400 g/mol. The predicted molar refractivity (Wildman–Crippen MR) is 130 cm³/mol. The summed E-state index contributed by atoms with van der Waals surface area (Å²) < 4.78 is 0. The van der Waals surface area contributed by atoms with Crippen molar-refractivity contribution in [1.29, 1.82) is 0 Å². The van der Waals surface area contributed by atoms with Gasteiger partial charge in [0.2, 0.25) is 11.8 Å². The largest absolute Gasteiger partial charge is 0.342 e. The summed E-state index contributed by atoms with van der Waals surface area (Å²) >= 11 is 0. The fourth-order valence-electron chi connectivity index (χ4n) is 5.63. The molecule has 0 aromatic carbocycles. The molecule has 2 amide bonds. The minimum atomic E-state index is -0.106. The van der Waals surface area contributed by atoms with Crippen LogP contribution >= 0.6 is 0 Å². The van der Waals surface area contributed by atoms with Gasteiger partial charge in [0.25, 0.3) is 0 Å². The van der Waals surface area contributed by atoms with Crippen molar-refractivity contribution in [3.63, 3.8) is 0 Å². The van der Waals surface area contributed by atoms with Crippen LogP contribution in [-0.4, -0.2) is 84.9 Å². The number of carbonyl (C=O) groups is 2. The molecule has 3 aliphatic heterocycles. The lowest BCUT2D eigenvalue weighted by molar-refractivity contribution is -0.143. The Morgan fingerprint density at radius 3 is 2.31 bits per heavy atom. The number of nitrogens with one attached hydrogen (secondary N) is 1. The Morgan fingerprint density at radius 1 is 1.06 bits per heavy atom. The number of carbonyl (C=O) groups excluding carboxylic acids is 2. The Bertz CT molecular complexity index is 621. The molecule has 3 aliphatic rings. The smallest absolute Gasteiger partial charge is 0.239 e. The molecule has 3 heterocycles. The summed E-state index contributed by atoms with van der Waals surface area (Å²) in [6.45, 7) is 18.5. The summed E-state index contributed by atoms with van der Waals surface area (Å²) in [5, 5.41) is 3.38. The van der Waals surface area contributed by atoms with Crippen molar-refractivity contribution in [2.75, 3.05) is 52.4 Å². The Kier molecular flexibility index (Phi) is 9.02. The highest BCUT2D eigenvalue weighted by molar-refractivity contribution is 5.84. The lowest BCUT2D eigenvalue weighted by atomic mass is 9.77. The molecule has 32 heavy (non-hydrogen) atoms. The molecule has 0 bridgehead atoms. The van der Waals surface area contributed by atoms with E-state index in [4.69, 9.17) is 0 Å². The number of hydrogen-bond acceptors (Lipinski definition) is 4. The lowest BCUT2D eigenvalue weighted by Crippen LogP contribution is -2.58. The molecule has 2 atom stereocenters. The zero-order chi connectivity index (χ0) is 23.3. The first kappa shape index (κ1) is 25.5. The molecule has 6 heteroatoms. The van der Waals surface area contributed by atoms with Crippen LogP contribution in [0.4, 0.5) is 0 Å². The number of likely N-dealkylation sites (tertiary alicyclic amines) is 2. The Labute approximate surface area is 196 Å². The quantitative estimate of drug-likeness (QED) is 0.588. The zero-order valence-corrected chi connectivity index (χ0v) is 21.4. The maximum atomic E-state index is 13.5.